The zero-order valence-corrected chi connectivity index (χ0v) is 17.8. The number of amides is 1. The molecule has 172 valence electrons. The lowest BCUT2D eigenvalue weighted by Crippen LogP contribution is -2.29. The molecule has 1 aromatic heterocycles. The van der Waals surface area contributed by atoms with Gasteiger partial charge in [0.25, 0.3) is 5.91 Å². The minimum Gasteiger partial charge on any atom is -0.496 e. The Morgan fingerprint density at radius 2 is 1.88 bits per heavy atom. The predicted octanol–water partition coefficient (Wildman–Crippen LogP) is 5.31. The van der Waals surface area contributed by atoms with Crippen LogP contribution in [0.15, 0.2) is 54.9 Å². The summed E-state index contributed by atoms with van der Waals surface area (Å²) in [5.74, 6) is -1.08. The lowest BCUT2D eigenvalue weighted by atomic mass is 9.93. The number of pyridine rings is 1. The zero-order chi connectivity index (χ0) is 23.8. The van der Waals surface area contributed by atoms with Crippen LogP contribution in [0.3, 0.4) is 0 Å². The fourth-order valence-electron chi connectivity index (χ4n) is 3.67. The maximum atomic E-state index is 13.7. The zero-order valence-electron chi connectivity index (χ0n) is 17.8. The molecule has 0 spiro atoms. The molecular formula is C24H20F4N2O3. The predicted molar refractivity (Wildman–Crippen MR) is 114 cm³/mol. The monoisotopic (exact) mass is 460 g/mol. The number of rotatable bonds is 5. The Hall–Kier alpha value is -3.46. The number of nitrogens with zero attached hydrogens (tertiary/aromatic N) is 2. The number of anilines is 1. The summed E-state index contributed by atoms with van der Waals surface area (Å²) in [5.41, 5.74) is 0.757. The molecule has 0 atom stereocenters. The van der Waals surface area contributed by atoms with Crippen molar-refractivity contribution in [2.75, 3.05) is 32.3 Å². The molecule has 0 radical (unpaired) electrons. The highest BCUT2D eigenvalue weighted by Gasteiger charge is 2.34. The molecule has 2 aromatic carbocycles. The van der Waals surface area contributed by atoms with Gasteiger partial charge in [-0.1, -0.05) is 0 Å². The third-order valence-corrected chi connectivity index (χ3v) is 5.56. The van der Waals surface area contributed by atoms with Gasteiger partial charge in [-0.25, -0.2) is 4.39 Å². The lowest BCUT2D eigenvalue weighted by molar-refractivity contribution is -0.137. The Morgan fingerprint density at radius 3 is 2.52 bits per heavy atom. The van der Waals surface area contributed by atoms with Crippen LogP contribution < -0.4 is 9.64 Å². The van der Waals surface area contributed by atoms with Crippen LogP contribution in [0, 0.1) is 5.82 Å². The molecular weight excluding hydrogens is 440 g/mol. The van der Waals surface area contributed by atoms with Crippen LogP contribution in [-0.2, 0) is 10.9 Å². The summed E-state index contributed by atoms with van der Waals surface area (Å²) in [7, 11) is 2.84. The van der Waals surface area contributed by atoms with Gasteiger partial charge < -0.3 is 14.4 Å². The van der Waals surface area contributed by atoms with E-state index in [9.17, 15) is 22.4 Å². The second-order valence-electron chi connectivity index (χ2n) is 7.68. The van der Waals surface area contributed by atoms with Gasteiger partial charge in [-0.05, 0) is 42.0 Å². The molecule has 1 saturated heterocycles. The molecule has 9 heteroatoms. The average Bonchev–Trinajstić information content (AvgIpc) is 2.76. The van der Waals surface area contributed by atoms with Crippen molar-refractivity contribution >= 4 is 11.6 Å². The molecule has 1 amide bonds. The fourth-order valence-corrected chi connectivity index (χ4v) is 3.67. The number of benzene rings is 2. The SMILES string of the molecule is COc1cc(F)ccc1-c1ccncc1N(C)C(=O)c1cc(C2COC2)cc(C(F)(F)F)c1. The molecule has 1 aliphatic heterocycles. The standard InChI is InChI=1S/C24H20F4N2O3/c1-30(21-11-29-6-5-19(21)20-4-3-18(25)10-22(20)32-2)23(31)15-7-14(16-12-33-13-16)8-17(9-15)24(26,27)28/h3-11,16H,12-13H2,1-2H3. The lowest BCUT2D eigenvalue weighted by Gasteiger charge is -2.28. The Kier molecular flexibility index (Phi) is 6.07. The average molecular weight is 460 g/mol. The van der Waals surface area contributed by atoms with E-state index in [-0.39, 0.29) is 17.2 Å². The van der Waals surface area contributed by atoms with Crippen molar-refractivity contribution in [1.82, 2.24) is 4.98 Å². The van der Waals surface area contributed by atoms with Crippen LogP contribution in [0.4, 0.5) is 23.2 Å². The van der Waals surface area contributed by atoms with Gasteiger partial charge in [0.2, 0.25) is 0 Å². The summed E-state index contributed by atoms with van der Waals surface area (Å²) in [4.78, 5) is 18.6. The van der Waals surface area contributed by atoms with Crippen LogP contribution in [0.1, 0.15) is 27.4 Å². The van der Waals surface area contributed by atoms with Crippen molar-refractivity contribution in [2.24, 2.45) is 0 Å². The second-order valence-corrected chi connectivity index (χ2v) is 7.68. The maximum Gasteiger partial charge on any atom is 0.416 e. The number of carbonyl (C=O) groups is 1. The van der Waals surface area contributed by atoms with E-state index in [1.54, 1.807) is 6.07 Å². The Labute approximate surface area is 187 Å². The van der Waals surface area contributed by atoms with Crippen LogP contribution in [0.5, 0.6) is 5.75 Å². The molecule has 1 fully saturated rings. The van der Waals surface area contributed by atoms with E-state index in [4.69, 9.17) is 9.47 Å². The molecule has 2 heterocycles. The number of ether oxygens (including phenoxy) is 2. The second kappa shape index (κ2) is 8.82. The highest BCUT2D eigenvalue weighted by atomic mass is 19.4. The van der Waals surface area contributed by atoms with Crippen LogP contribution in [0.2, 0.25) is 0 Å². The van der Waals surface area contributed by atoms with Crippen molar-refractivity contribution < 1.29 is 31.8 Å². The van der Waals surface area contributed by atoms with Gasteiger partial charge in [0.15, 0.2) is 0 Å². The summed E-state index contributed by atoms with van der Waals surface area (Å²) in [5, 5.41) is 0. The van der Waals surface area contributed by atoms with Gasteiger partial charge in [0, 0.05) is 41.9 Å². The summed E-state index contributed by atoms with van der Waals surface area (Å²) in [6, 6.07) is 8.96. The van der Waals surface area contributed by atoms with Gasteiger partial charge in [0.1, 0.15) is 11.6 Å². The molecule has 0 bridgehead atoms. The summed E-state index contributed by atoms with van der Waals surface area (Å²) < 4.78 is 64.6. The molecule has 1 aliphatic rings. The number of hydrogen-bond donors (Lipinski definition) is 0. The molecule has 0 N–H and O–H groups in total. The van der Waals surface area contributed by atoms with E-state index in [0.717, 1.165) is 12.1 Å². The number of alkyl halides is 3. The minimum absolute atomic E-state index is 0.102. The number of carbonyl (C=O) groups excluding carboxylic acids is 1. The molecule has 4 rings (SSSR count). The minimum atomic E-state index is -4.60. The highest BCUT2D eigenvalue weighted by molar-refractivity contribution is 6.08. The van der Waals surface area contributed by atoms with E-state index >= 15 is 0 Å². The first-order valence-electron chi connectivity index (χ1n) is 10.0. The topological polar surface area (TPSA) is 51.7 Å². The third-order valence-electron chi connectivity index (χ3n) is 5.56. The first-order valence-corrected chi connectivity index (χ1v) is 10.0. The van der Waals surface area contributed by atoms with Gasteiger partial charge in [-0.15, -0.1) is 0 Å². The van der Waals surface area contributed by atoms with E-state index < -0.39 is 23.5 Å². The number of aromatic nitrogens is 1. The molecule has 0 aliphatic carbocycles. The molecule has 3 aromatic rings. The van der Waals surface area contributed by atoms with Gasteiger partial charge >= 0.3 is 6.18 Å². The van der Waals surface area contributed by atoms with Crippen molar-refractivity contribution in [2.45, 2.75) is 12.1 Å². The quantitative estimate of drug-likeness (QED) is 0.485. The summed E-state index contributed by atoms with van der Waals surface area (Å²) in [6.45, 7) is 0.615. The first kappa shape index (κ1) is 22.7. The maximum absolute atomic E-state index is 13.7. The number of hydrogen-bond acceptors (Lipinski definition) is 4. The normalized spacial score (nSPS) is 14.0. The Morgan fingerprint density at radius 1 is 1.12 bits per heavy atom. The van der Waals surface area contributed by atoms with Crippen molar-refractivity contribution in [3.05, 3.63) is 77.4 Å². The summed E-state index contributed by atoms with van der Waals surface area (Å²) in [6.07, 6.45) is -1.68. The molecule has 0 saturated carbocycles. The smallest absolute Gasteiger partial charge is 0.416 e. The molecule has 33 heavy (non-hydrogen) atoms. The fraction of sp³-hybridized carbons (Fsp3) is 0.250. The molecule has 5 nitrogen and oxygen atoms in total. The number of halogens is 4. The van der Waals surface area contributed by atoms with Crippen LogP contribution in [-0.4, -0.2) is 38.3 Å². The highest BCUT2D eigenvalue weighted by Crippen LogP contribution is 2.38. The van der Waals surface area contributed by atoms with Gasteiger partial charge in [-0.2, -0.15) is 13.2 Å². The Bertz CT molecular complexity index is 1190. The van der Waals surface area contributed by atoms with E-state index in [1.807, 2.05) is 0 Å². The van der Waals surface area contributed by atoms with E-state index in [2.05, 4.69) is 4.98 Å². The van der Waals surface area contributed by atoms with Gasteiger partial charge in [0.05, 0.1) is 37.8 Å². The van der Waals surface area contributed by atoms with Crippen molar-refractivity contribution in [3.63, 3.8) is 0 Å². The largest absolute Gasteiger partial charge is 0.496 e. The Balaban J connectivity index is 1.76. The van der Waals surface area contributed by atoms with E-state index in [1.165, 1.54) is 55.7 Å². The summed E-state index contributed by atoms with van der Waals surface area (Å²) >= 11 is 0. The van der Waals surface area contributed by atoms with Crippen molar-refractivity contribution in [3.8, 4) is 16.9 Å². The van der Waals surface area contributed by atoms with E-state index in [0.29, 0.717) is 35.6 Å². The first-order chi connectivity index (χ1) is 15.7. The molecule has 0 unspecified atom stereocenters. The van der Waals surface area contributed by atoms with Crippen LogP contribution >= 0.6 is 0 Å². The van der Waals surface area contributed by atoms with Gasteiger partial charge in [-0.3, -0.25) is 9.78 Å². The van der Waals surface area contributed by atoms with Crippen LogP contribution in [0.25, 0.3) is 11.1 Å². The third kappa shape index (κ3) is 4.54. The number of methoxy groups -OCH3 is 1. The van der Waals surface area contributed by atoms with Crippen molar-refractivity contribution in [1.29, 1.82) is 0 Å².